The van der Waals surface area contributed by atoms with Crippen LogP contribution in [0.15, 0.2) is 47.6 Å². The maximum atomic E-state index is 6.06. The normalized spacial score (nSPS) is 10.8. The molecule has 0 aliphatic carbocycles. The molecule has 1 heterocycles. The van der Waals surface area contributed by atoms with E-state index in [4.69, 9.17) is 39.5 Å². The summed E-state index contributed by atoms with van der Waals surface area (Å²) in [6.45, 7) is 0.418. The van der Waals surface area contributed by atoms with Gasteiger partial charge in [-0.2, -0.15) is 4.68 Å². The van der Waals surface area contributed by atoms with Gasteiger partial charge in [-0.15, -0.1) is 5.10 Å². The summed E-state index contributed by atoms with van der Waals surface area (Å²) < 4.78 is 7.29. The molecule has 124 valence electrons. The van der Waals surface area contributed by atoms with E-state index in [0.29, 0.717) is 38.3 Å². The molecule has 0 aliphatic rings. The number of halogens is 3. The lowest BCUT2D eigenvalue weighted by Crippen LogP contribution is -2.04. The van der Waals surface area contributed by atoms with Crippen LogP contribution in [-0.2, 0) is 0 Å². The van der Waals surface area contributed by atoms with E-state index in [9.17, 15) is 0 Å². The molecule has 3 rings (SSSR count). The standard InChI is InChI=1S/C15H11Cl3N4OS/c16-10-4-6-11(7-5-10)22-15(19-20-21-22)24-9-8-23-14-12(17)2-1-3-13(14)18/h1-7H,8-9H2. The second-order valence-electron chi connectivity index (χ2n) is 4.60. The molecule has 1 aromatic heterocycles. The molecule has 0 amide bonds. The van der Waals surface area contributed by atoms with Gasteiger partial charge in [-0.05, 0) is 46.8 Å². The van der Waals surface area contributed by atoms with E-state index in [1.165, 1.54) is 11.8 Å². The van der Waals surface area contributed by atoms with Gasteiger partial charge in [-0.3, -0.25) is 0 Å². The molecule has 0 spiro atoms. The Morgan fingerprint density at radius 2 is 1.71 bits per heavy atom. The predicted octanol–water partition coefficient (Wildman–Crippen LogP) is 4.79. The molecule has 3 aromatic rings. The highest BCUT2D eigenvalue weighted by Crippen LogP contribution is 2.32. The highest BCUT2D eigenvalue weighted by Gasteiger charge is 2.10. The third-order valence-electron chi connectivity index (χ3n) is 2.99. The van der Waals surface area contributed by atoms with E-state index in [2.05, 4.69) is 15.5 Å². The molecule has 0 saturated carbocycles. The lowest BCUT2D eigenvalue weighted by atomic mass is 10.3. The Kier molecular flexibility index (Phi) is 5.84. The maximum Gasteiger partial charge on any atom is 0.214 e. The zero-order valence-corrected chi connectivity index (χ0v) is 15.3. The Bertz CT molecular complexity index is 806. The molecular formula is C15H11Cl3N4OS. The molecule has 0 aliphatic heterocycles. The Hall–Kier alpha value is -1.47. The van der Waals surface area contributed by atoms with Crippen molar-refractivity contribution in [2.45, 2.75) is 5.16 Å². The van der Waals surface area contributed by atoms with Gasteiger partial charge in [-0.1, -0.05) is 52.6 Å². The van der Waals surface area contributed by atoms with Crippen molar-refractivity contribution in [3.63, 3.8) is 0 Å². The summed E-state index contributed by atoms with van der Waals surface area (Å²) in [5.74, 6) is 1.12. The summed E-state index contributed by atoms with van der Waals surface area (Å²) in [7, 11) is 0. The number of rotatable bonds is 6. The van der Waals surface area contributed by atoms with E-state index in [1.807, 2.05) is 12.1 Å². The van der Waals surface area contributed by atoms with Crippen molar-refractivity contribution in [2.24, 2.45) is 0 Å². The first-order chi connectivity index (χ1) is 11.6. The van der Waals surface area contributed by atoms with Crippen LogP contribution in [0.4, 0.5) is 0 Å². The fourth-order valence-electron chi connectivity index (χ4n) is 1.91. The van der Waals surface area contributed by atoms with Gasteiger partial charge in [0.1, 0.15) is 0 Å². The van der Waals surface area contributed by atoms with E-state index in [1.54, 1.807) is 35.0 Å². The molecule has 0 saturated heterocycles. The van der Waals surface area contributed by atoms with Gasteiger partial charge in [0.05, 0.1) is 22.3 Å². The average Bonchev–Trinajstić information content (AvgIpc) is 3.03. The van der Waals surface area contributed by atoms with Crippen molar-refractivity contribution in [2.75, 3.05) is 12.4 Å². The first kappa shape index (κ1) is 17.4. The number of benzene rings is 2. The predicted molar refractivity (Wildman–Crippen MR) is 96.8 cm³/mol. The van der Waals surface area contributed by atoms with Crippen LogP contribution in [-0.4, -0.2) is 32.6 Å². The molecule has 5 nitrogen and oxygen atoms in total. The van der Waals surface area contributed by atoms with Gasteiger partial charge in [-0.25, -0.2) is 0 Å². The summed E-state index contributed by atoms with van der Waals surface area (Å²) in [5, 5.41) is 14.0. The van der Waals surface area contributed by atoms with Gasteiger partial charge >= 0.3 is 0 Å². The first-order valence-corrected chi connectivity index (χ1v) is 9.01. The van der Waals surface area contributed by atoms with Crippen molar-refractivity contribution in [3.05, 3.63) is 57.5 Å². The summed E-state index contributed by atoms with van der Waals surface area (Å²) >= 11 is 19.5. The average molecular weight is 402 g/mol. The lowest BCUT2D eigenvalue weighted by Gasteiger charge is -2.09. The summed E-state index contributed by atoms with van der Waals surface area (Å²) in [4.78, 5) is 0. The van der Waals surface area contributed by atoms with Crippen LogP contribution in [0, 0.1) is 0 Å². The Morgan fingerprint density at radius 1 is 1.00 bits per heavy atom. The number of ether oxygens (including phenoxy) is 1. The van der Waals surface area contributed by atoms with Gasteiger partial charge in [0.2, 0.25) is 5.16 Å². The van der Waals surface area contributed by atoms with Crippen molar-refractivity contribution >= 4 is 46.6 Å². The van der Waals surface area contributed by atoms with Crippen LogP contribution in [0.3, 0.4) is 0 Å². The number of hydrogen-bond acceptors (Lipinski definition) is 5. The molecule has 0 bridgehead atoms. The molecule has 0 atom stereocenters. The molecule has 0 unspecified atom stereocenters. The van der Waals surface area contributed by atoms with Crippen molar-refractivity contribution in [1.29, 1.82) is 0 Å². The minimum atomic E-state index is 0.418. The van der Waals surface area contributed by atoms with E-state index in [-0.39, 0.29) is 0 Å². The summed E-state index contributed by atoms with van der Waals surface area (Å²) in [6.07, 6.45) is 0. The quantitative estimate of drug-likeness (QED) is 0.439. The molecule has 0 fully saturated rings. The zero-order valence-electron chi connectivity index (χ0n) is 12.2. The third-order valence-corrected chi connectivity index (χ3v) is 4.72. The van der Waals surface area contributed by atoms with Crippen LogP contribution in [0.1, 0.15) is 0 Å². The van der Waals surface area contributed by atoms with Crippen molar-refractivity contribution in [1.82, 2.24) is 20.2 Å². The van der Waals surface area contributed by atoms with Gasteiger partial charge < -0.3 is 4.74 Å². The fourth-order valence-corrected chi connectivity index (χ4v) is 3.25. The van der Waals surface area contributed by atoms with E-state index in [0.717, 1.165) is 5.69 Å². The Labute approximate surface area is 157 Å². The smallest absolute Gasteiger partial charge is 0.214 e. The van der Waals surface area contributed by atoms with Crippen LogP contribution in [0.25, 0.3) is 5.69 Å². The number of aromatic nitrogens is 4. The molecule has 2 aromatic carbocycles. The minimum absolute atomic E-state index is 0.418. The van der Waals surface area contributed by atoms with Crippen LogP contribution in [0.5, 0.6) is 5.75 Å². The summed E-state index contributed by atoms with van der Waals surface area (Å²) in [5.41, 5.74) is 0.835. The largest absolute Gasteiger partial charge is 0.490 e. The number of nitrogens with zero attached hydrogens (tertiary/aromatic N) is 4. The Balaban J connectivity index is 1.60. The Morgan fingerprint density at radius 3 is 2.42 bits per heavy atom. The zero-order chi connectivity index (χ0) is 16.9. The first-order valence-electron chi connectivity index (χ1n) is 6.89. The lowest BCUT2D eigenvalue weighted by molar-refractivity contribution is 0.344. The molecule has 24 heavy (non-hydrogen) atoms. The summed E-state index contributed by atoms with van der Waals surface area (Å²) in [6, 6.07) is 12.5. The maximum absolute atomic E-state index is 6.06. The third kappa shape index (κ3) is 4.13. The second-order valence-corrected chi connectivity index (χ2v) is 6.91. The van der Waals surface area contributed by atoms with Gasteiger partial charge in [0, 0.05) is 10.8 Å². The minimum Gasteiger partial charge on any atom is -0.490 e. The highest BCUT2D eigenvalue weighted by molar-refractivity contribution is 7.99. The monoisotopic (exact) mass is 400 g/mol. The molecule has 0 N–H and O–H groups in total. The molecule has 0 radical (unpaired) electrons. The van der Waals surface area contributed by atoms with Gasteiger partial charge in [0.15, 0.2) is 5.75 Å². The number of thioether (sulfide) groups is 1. The highest BCUT2D eigenvalue weighted by atomic mass is 35.5. The van der Waals surface area contributed by atoms with E-state index >= 15 is 0 Å². The molecule has 9 heteroatoms. The van der Waals surface area contributed by atoms with Crippen molar-refractivity contribution < 1.29 is 4.74 Å². The van der Waals surface area contributed by atoms with Crippen LogP contribution < -0.4 is 4.74 Å². The SMILES string of the molecule is Clc1ccc(-n2nnnc2SCCOc2c(Cl)cccc2Cl)cc1. The van der Waals surface area contributed by atoms with E-state index < -0.39 is 0 Å². The fraction of sp³-hybridized carbons (Fsp3) is 0.133. The van der Waals surface area contributed by atoms with Crippen LogP contribution >= 0.6 is 46.6 Å². The topological polar surface area (TPSA) is 52.8 Å². The number of hydrogen-bond donors (Lipinski definition) is 0. The van der Waals surface area contributed by atoms with Crippen molar-refractivity contribution in [3.8, 4) is 11.4 Å². The number of tetrazole rings is 1. The molecular weight excluding hydrogens is 391 g/mol. The number of para-hydroxylation sites is 1. The second kappa shape index (κ2) is 8.07. The van der Waals surface area contributed by atoms with Crippen LogP contribution in [0.2, 0.25) is 15.1 Å². The van der Waals surface area contributed by atoms with Gasteiger partial charge in [0.25, 0.3) is 0 Å².